The van der Waals surface area contributed by atoms with E-state index in [9.17, 15) is 18.9 Å². The van der Waals surface area contributed by atoms with E-state index in [2.05, 4.69) is 20.2 Å². The fourth-order valence-corrected chi connectivity index (χ4v) is 5.17. The van der Waals surface area contributed by atoms with Gasteiger partial charge < -0.3 is 14.8 Å². The third kappa shape index (κ3) is 7.70. The van der Waals surface area contributed by atoms with Gasteiger partial charge in [0.2, 0.25) is 5.91 Å². The summed E-state index contributed by atoms with van der Waals surface area (Å²) in [6.07, 6.45) is -0.482. The number of carbonyl (C=O) groups is 3. The molecule has 11 heteroatoms. The van der Waals surface area contributed by atoms with Gasteiger partial charge in [-0.15, -0.1) is 0 Å². The van der Waals surface area contributed by atoms with Crippen LogP contribution in [0.1, 0.15) is 32.8 Å². The first-order valence-corrected chi connectivity index (χ1v) is 12.1. The van der Waals surface area contributed by atoms with Crippen molar-refractivity contribution in [2.75, 3.05) is 26.8 Å². The first kappa shape index (κ1) is 26.0. The van der Waals surface area contributed by atoms with E-state index in [-0.39, 0.29) is 26.1 Å². The minimum absolute atomic E-state index is 0.00933. The molecule has 0 bridgehead atoms. The zero-order chi connectivity index (χ0) is 23.8. The minimum atomic E-state index is -3.71. The van der Waals surface area contributed by atoms with Crippen LogP contribution in [0.25, 0.3) is 0 Å². The van der Waals surface area contributed by atoms with Crippen molar-refractivity contribution in [3.8, 4) is 0 Å². The Bertz CT molecular complexity index is 847. The molecule has 1 fully saturated rings. The highest BCUT2D eigenvalue weighted by Gasteiger charge is 2.47. The Kier molecular flexibility index (Phi) is 9.39. The number of nitrogens with one attached hydrogen (secondary N) is 3. The van der Waals surface area contributed by atoms with E-state index in [0.717, 1.165) is 5.56 Å². The van der Waals surface area contributed by atoms with Crippen molar-refractivity contribution in [3.63, 3.8) is 0 Å². The molecule has 10 nitrogen and oxygen atoms in total. The van der Waals surface area contributed by atoms with Gasteiger partial charge >= 0.3 is 19.6 Å². The SMILES string of the molecule is COC(=O)CCNC(=O)[C@@H]1OP(=O)(N[C@@H](C)C(=O)OCCc2ccccc2)NCC1(C)C. The van der Waals surface area contributed by atoms with Gasteiger partial charge in [-0.25, -0.2) is 10.2 Å². The molecule has 1 aromatic carbocycles. The molecule has 3 N–H and O–H groups in total. The van der Waals surface area contributed by atoms with Crippen LogP contribution in [0.5, 0.6) is 0 Å². The predicted octanol–water partition coefficient (Wildman–Crippen LogP) is 1.55. The maximum atomic E-state index is 13.2. The summed E-state index contributed by atoms with van der Waals surface area (Å²) in [5.41, 5.74) is 0.360. The van der Waals surface area contributed by atoms with Crippen LogP contribution in [0.4, 0.5) is 0 Å². The Balaban J connectivity index is 1.89. The van der Waals surface area contributed by atoms with Crippen LogP contribution in [0.15, 0.2) is 30.3 Å². The third-order valence-electron chi connectivity index (χ3n) is 5.00. The number of methoxy groups -OCH3 is 1. The normalized spacial score (nSPS) is 23.1. The van der Waals surface area contributed by atoms with Gasteiger partial charge in [-0.05, 0) is 12.5 Å². The zero-order valence-electron chi connectivity index (χ0n) is 18.9. The summed E-state index contributed by atoms with van der Waals surface area (Å²) >= 11 is 0. The summed E-state index contributed by atoms with van der Waals surface area (Å²) < 4.78 is 28.6. The lowest BCUT2D eigenvalue weighted by atomic mass is 9.86. The van der Waals surface area contributed by atoms with Crippen LogP contribution in [0.3, 0.4) is 0 Å². The van der Waals surface area contributed by atoms with Crippen molar-refractivity contribution in [2.24, 2.45) is 5.41 Å². The molecule has 1 heterocycles. The van der Waals surface area contributed by atoms with Crippen molar-refractivity contribution in [2.45, 2.75) is 45.8 Å². The maximum Gasteiger partial charge on any atom is 0.342 e. The molecule has 1 amide bonds. The van der Waals surface area contributed by atoms with Crippen LogP contribution >= 0.6 is 7.67 Å². The number of carbonyl (C=O) groups excluding carboxylic acids is 3. The zero-order valence-corrected chi connectivity index (χ0v) is 19.8. The second-order valence-corrected chi connectivity index (χ2v) is 10.1. The van der Waals surface area contributed by atoms with Crippen molar-refractivity contribution in [1.29, 1.82) is 0 Å². The molecule has 1 aliphatic heterocycles. The van der Waals surface area contributed by atoms with Crippen molar-refractivity contribution in [1.82, 2.24) is 15.5 Å². The Morgan fingerprint density at radius 3 is 2.62 bits per heavy atom. The van der Waals surface area contributed by atoms with Crippen molar-refractivity contribution < 1.29 is 32.9 Å². The Labute approximate surface area is 188 Å². The molecule has 0 aromatic heterocycles. The molecule has 32 heavy (non-hydrogen) atoms. The Morgan fingerprint density at radius 1 is 1.28 bits per heavy atom. The molecular formula is C21H32N3O7P. The van der Waals surface area contributed by atoms with Crippen molar-refractivity contribution in [3.05, 3.63) is 35.9 Å². The summed E-state index contributed by atoms with van der Waals surface area (Å²) in [6, 6.07) is 8.67. The number of hydrogen-bond acceptors (Lipinski definition) is 7. The van der Waals surface area contributed by atoms with Gasteiger partial charge in [0.05, 0.1) is 20.1 Å². The average molecular weight is 469 g/mol. The van der Waals surface area contributed by atoms with Gasteiger partial charge in [0, 0.05) is 24.9 Å². The number of ether oxygens (including phenoxy) is 2. The van der Waals surface area contributed by atoms with Gasteiger partial charge in [0.1, 0.15) is 6.04 Å². The molecular weight excluding hydrogens is 437 g/mol. The van der Waals surface area contributed by atoms with Crippen LogP contribution in [0.2, 0.25) is 0 Å². The molecule has 1 saturated heterocycles. The first-order valence-electron chi connectivity index (χ1n) is 10.4. The van der Waals surface area contributed by atoms with E-state index in [1.54, 1.807) is 13.8 Å². The molecule has 3 atom stereocenters. The fraction of sp³-hybridized carbons (Fsp3) is 0.571. The minimum Gasteiger partial charge on any atom is -0.469 e. The van der Waals surface area contributed by atoms with E-state index in [1.165, 1.54) is 14.0 Å². The highest BCUT2D eigenvalue weighted by Crippen LogP contribution is 2.48. The van der Waals surface area contributed by atoms with E-state index in [0.29, 0.717) is 6.42 Å². The van der Waals surface area contributed by atoms with Gasteiger partial charge in [0.15, 0.2) is 6.10 Å². The number of amides is 1. The Hall–Kier alpha value is -2.26. The second-order valence-electron chi connectivity index (χ2n) is 8.23. The van der Waals surface area contributed by atoms with Gasteiger partial charge in [-0.2, -0.15) is 0 Å². The summed E-state index contributed by atoms with van der Waals surface area (Å²) in [5.74, 6) is -1.53. The molecule has 0 aliphatic carbocycles. The standard InChI is InChI=1S/C21H32N3O7P/c1-15(20(27)30-13-11-16-8-6-5-7-9-16)24-32(28)23-14-21(2,3)18(31-32)19(26)22-12-10-17(25)29-4/h5-9,15,18H,10-14H2,1-4H3,(H,22,26)(H2,23,24,28)/t15-,18-,32?/m0/s1. The fourth-order valence-electron chi connectivity index (χ4n) is 3.04. The summed E-state index contributed by atoms with van der Waals surface area (Å²) in [6.45, 7) is 5.55. The lowest BCUT2D eigenvalue weighted by Crippen LogP contribution is -2.55. The average Bonchev–Trinajstić information content (AvgIpc) is 2.76. The Morgan fingerprint density at radius 2 is 1.97 bits per heavy atom. The van der Waals surface area contributed by atoms with Crippen LogP contribution < -0.4 is 15.5 Å². The largest absolute Gasteiger partial charge is 0.469 e. The monoisotopic (exact) mass is 469 g/mol. The molecule has 1 aliphatic rings. The second kappa shape index (κ2) is 11.6. The predicted molar refractivity (Wildman–Crippen MR) is 118 cm³/mol. The smallest absolute Gasteiger partial charge is 0.342 e. The quantitative estimate of drug-likeness (QED) is 0.345. The van der Waals surface area contributed by atoms with E-state index < -0.39 is 43.1 Å². The summed E-state index contributed by atoms with van der Waals surface area (Å²) in [5, 5.41) is 8.02. The highest BCUT2D eigenvalue weighted by molar-refractivity contribution is 7.54. The number of benzene rings is 1. The van der Waals surface area contributed by atoms with Crippen LogP contribution in [0, 0.1) is 5.41 Å². The number of rotatable bonds is 10. The highest BCUT2D eigenvalue weighted by atomic mass is 31.2. The van der Waals surface area contributed by atoms with Gasteiger partial charge in [0.25, 0.3) is 0 Å². The van der Waals surface area contributed by atoms with Crippen LogP contribution in [-0.4, -0.2) is 56.8 Å². The molecule has 0 saturated carbocycles. The van der Waals surface area contributed by atoms with E-state index in [4.69, 9.17) is 9.26 Å². The topological polar surface area (TPSA) is 132 Å². The molecule has 0 radical (unpaired) electrons. The maximum absolute atomic E-state index is 13.2. The summed E-state index contributed by atoms with van der Waals surface area (Å²) in [7, 11) is -2.45. The lowest BCUT2D eigenvalue weighted by molar-refractivity contribution is -0.145. The molecule has 2 rings (SSSR count). The number of esters is 2. The first-order chi connectivity index (χ1) is 15.1. The molecule has 0 spiro atoms. The third-order valence-corrected chi connectivity index (χ3v) is 6.81. The molecule has 178 valence electrons. The lowest BCUT2D eigenvalue weighted by Gasteiger charge is -2.41. The van der Waals surface area contributed by atoms with E-state index in [1.807, 2.05) is 30.3 Å². The summed E-state index contributed by atoms with van der Waals surface area (Å²) in [4.78, 5) is 36.2. The molecule has 1 aromatic rings. The van der Waals surface area contributed by atoms with E-state index >= 15 is 0 Å². The van der Waals surface area contributed by atoms with Gasteiger partial charge in [-0.1, -0.05) is 44.2 Å². The van der Waals surface area contributed by atoms with Crippen molar-refractivity contribution >= 4 is 25.5 Å². The molecule has 1 unspecified atom stereocenters. The number of hydrogen-bond donors (Lipinski definition) is 3. The van der Waals surface area contributed by atoms with Gasteiger partial charge in [-0.3, -0.25) is 23.5 Å². The van der Waals surface area contributed by atoms with Crippen LogP contribution in [-0.2, 0) is 39.4 Å².